The quantitative estimate of drug-likeness (QED) is 0.642. The van der Waals surface area contributed by atoms with Crippen LogP contribution in [0.3, 0.4) is 0 Å². The van der Waals surface area contributed by atoms with Crippen molar-refractivity contribution in [2.45, 2.75) is 0 Å². The van der Waals surface area contributed by atoms with Crippen molar-refractivity contribution in [2.75, 3.05) is 0 Å². The molecule has 0 saturated heterocycles. The molecule has 2 aromatic rings. The van der Waals surface area contributed by atoms with Crippen LogP contribution >= 0.6 is 11.6 Å². The Morgan fingerprint density at radius 2 is 1.47 bits per heavy atom. The van der Waals surface area contributed by atoms with Gasteiger partial charge < -0.3 is 0 Å². The highest BCUT2D eigenvalue weighted by molar-refractivity contribution is 6.31. The second kappa shape index (κ2) is 5.21. The first-order valence-electron chi connectivity index (χ1n) is 5.06. The van der Waals surface area contributed by atoms with Crippen LogP contribution in [0.15, 0.2) is 48.5 Å². The average Bonchev–Trinajstić information content (AvgIpc) is 2.38. The lowest BCUT2D eigenvalue weighted by Crippen LogP contribution is -1.78. The van der Waals surface area contributed by atoms with Crippen LogP contribution in [0.4, 0.5) is 0 Å². The third-order valence-electron chi connectivity index (χ3n) is 2.23. The van der Waals surface area contributed by atoms with Crippen LogP contribution in [-0.2, 0) is 0 Å². The molecule has 0 fully saturated rings. The molecule has 0 aliphatic rings. The summed E-state index contributed by atoms with van der Waals surface area (Å²) in [6, 6.07) is 16.7. The molecule has 0 saturated carbocycles. The molecule has 0 aromatic heterocycles. The van der Waals surface area contributed by atoms with E-state index in [4.69, 9.17) is 16.9 Å². The predicted octanol–water partition coefficient (Wildman–Crippen LogP) is 3.61. The molecule has 0 aliphatic carbocycles. The molecule has 0 atom stereocenters. The molecule has 2 aromatic carbocycles. The molecule has 0 unspecified atom stereocenters. The molecule has 0 radical (unpaired) electrons. The molecule has 80 valence electrons. The fourth-order valence-electron chi connectivity index (χ4n) is 1.33. The molecule has 0 amide bonds. The number of hydrogen-bond donors (Lipinski definition) is 0. The number of rotatable bonds is 0. The summed E-state index contributed by atoms with van der Waals surface area (Å²) in [7, 11) is 0. The lowest BCUT2D eigenvalue weighted by Gasteiger charge is -1.93. The Kier molecular flexibility index (Phi) is 3.46. The molecule has 0 N–H and O–H groups in total. The molecule has 0 bridgehead atoms. The van der Waals surface area contributed by atoms with E-state index in [1.807, 2.05) is 36.4 Å². The standard InChI is InChI=1S/C15H8ClN/c16-15-4-2-1-3-14(15)10-9-12-5-7-13(11-17)8-6-12/h1-8H. The summed E-state index contributed by atoms with van der Waals surface area (Å²) < 4.78 is 0. The van der Waals surface area contributed by atoms with E-state index in [0.717, 1.165) is 11.1 Å². The zero-order valence-electron chi connectivity index (χ0n) is 8.94. The third kappa shape index (κ3) is 2.88. The van der Waals surface area contributed by atoms with Crippen molar-refractivity contribution in [2.24, 2.45) is 0 Å². The van der Waals surface area contributed by atoms with E-state index in [9.17, 15) is 0 Å². The van der Waals surface area contributed by atoms with Gasteiger partial charge in [-0.3, -0.25) is 0 Å². The first-order valence-corrected chi connectivity index (χ1v) is 5.44. The van der Waals surface area contributed by atoms with E-state index in [2.05, 4.69) is 17.9 Å². The topological polar surface area (TPSA) is 23.8 Å². The summed E-state index contributed by atoms with van der Waals surface area (Å²) in [6.07, 6.45) is 0. The molecular weight excluding hydrogens is 230 g/mol. The minimum atomic E-state index is 0.633. The minimum absolute atomic E-state index is 0.633. The summed E-state index contributed by atoms with van der Waals surface area (Å²) >= 11 is 5.99. The third-order valence-corrected chi connectivity index (χ3v) is 2.56. The van der Waals surface area contributed by atoms with Gasteiger partial charge in [0.2, 0.25) is 0 Å². The Balaban J connectivity index is 2.28. The highest BCUT2D eigenvalue weighted by Crippen LogP contribution is 2.13. The van der Waals surface area contributed by atoms with Gasteiger partial charge in [0.15, 0.2) is 0 Å². The van der Waals surface area contributed by atoms with Crippen molar-refractivity contribution in [1.29, 1.82) is 5.26 Å². The monoisotopic (exact) mass is 237 g/mol. The maximum Gasteiger partial charge on any atom is 0.0991 e. The van der Waals surface area contributed by atoms with E-state index in [-0.39, 0.29) is 0 Å². The second-order valence-electron chi connectivity index (χ2n) is 3.42. The Hall–Kier alpha value is -2.22. The summed E-state index contributed by atoms with van der Waals surface area (Å²) in [4.78, 5) is 0. The van der Waals surface area contributed by atoms with Gasteiger partial charge in [-0.1, -0.05) is 35.6 Å². The van der Waals surface area contributed by atoms with Crippen LogP contribution in [0, 0.1) is 23.2 Å². The molecule has 1 nitrogen and oxygen atoms in total. The molecule has 0 heterocycles. The van der Waals surface area contributed by atoms with Crippen molar-refractivity contribution in [3.63, 3.8) is 0 Å². The summed E-state index contributed by atoms with van der Waals surface area (Å²) in [6.45, 7) is 0. The number of nitrogens with zero attached hydrogens (tertiary/aromatic N) is 1. The fourth-order valence-corrected chi connectivity index (χ4v) is 1.51. The van der Waals surface area contributed by atoms with Gasteiger partial charge in [0, 0.05) is 11.1 Å². The van der Waals surface area contributed by atoms with Crippen LogP contribution in [-0.4, -0.2) is 0 Å². The SMILES string of the molecule is N#Cc1ccc(C#Cc2ccccc2Cl)cc1. The number of nitriles is 1. The average molecular weight is 238 g/mol. The first kappa shape index (κ1) is 11.3. The Bertz CT molecular complexity index is 624. The largest absolute Gasteiger partial charge is 0.192 e. The second-order valence-corrected chi connectivity index (χ2v) is 3.83. The van der Waals surface area contributed by atoms with E-state index in [1.54, 1.807) is 12.1 Å². The van der Waals surface area contributed by atoms with Gasteiger partial charge in [0.25, 0.3) is 0 Å². The molecule has 17 heavy (non-hydrogen) atoms. The smallest absolute Gasteiger partial charge is 0.0991 e. The lowest BCUT2D eigenvalue weighted by molar-refractivity contribution is 1.48. The van der Waals surface area contributed by atoms with Gasteiger partial charge in [-0.25, -0.2) is 0 Å². The van der Waals surface area contributed by atoms with E-state index < -0.39 is 0 Å². The first-order chi connectivity index (χ1) is 8.29. The lowest BCUT2D eigenvalue weighted by atomic mass is 10.1. The van der Waals surface area contributed by atoms with Crippen molar-refractivity contribution in [1.82, 2.24) is 0 Å². The molecule has 0 spiro atoms. The minimum Gasteiger partial charge on any atom is -0.192 e. The van der Waals surface area contributed by atoms with Crippen molar-refractivity contribution < 1.29 is 0 Å². The van der Waals surface area contributed by atoms with Crippen molar-refractivity contribution in [3.05, 3.63) is 70.2 Å². The zero-order chi connectivity index (χ0) is 12.1. The Labute approximate surface area is 105 Å². The fraction of sp³-hybridized carbons (Fsp3) is 0. The van der Waals surface area contributed by atoms with Crippen molar-refractivity contribution >= 4 is 11.6 Å². The molecule has 0 aliphatic heterocycles. The molecular formula is C15H8ClN. The van der Waals surface area contributed by atoms with Crippen LogP contribution in [0.1, 0.15) is 16.7 Å². The van der Waals surface area contributed by atoms with Crippen molar-refractivity contribution in [3.8, 4) is 17.9 Å². The highest BCUT2D eigenvalue weighted by atomic mass is 35.5. The van der Waals surface area contributed by atoms with Crippen LogP contribution < -0.4 is 0 Å². The van der Waals surface area contributed by atoms with E-state index in [0.29, 0.717) is 10.6 Å². The molecule has 2 rings (SSSR count). The van der Waals surface area contributed by atoms with Crippen LogP contribution in [0.25, 0.3) is 0 Å². The zero-order valence-corrected chi connectivity index (χ0v) is 9.70. The number of benzene rings is 2. The van der Waals surface area contributed by atoms with Crippen LogP contribution in [0.2, 0.25) is 5.02 Å². The molecule has 2 heteroatoms. The predicted molar refractivity (Wildman–Crippen MR) is 68.6 cm³/mol. The van der Waals surface area contributed by atoms with E-state index in [1.165, 1.54) is 0 Å². The van der Waals surface area contributed by atoms with Gasteiger partial charge >= 0.3 is 0 Å². The van der Waals surface area contributed by atoms with E-state index >= 15 is 0 Å². The van der Waals surface area contributed by atoms with Crippen LogP contribution in [0.5, 0.6) is 0 Å². The van der Waals surface area contributed by atoms with Gasteiger partial charge in [-0.05, 0) is 36.4 Å². The summed E-state index contributed by atoms with van der Waals surface area (Å²) in [5, 5.41) is 9.32. The van der Waals surface area contributed by atoms with Gasteiger partial charge in [-0.2, -0.15) is 5.26 Å². The summed E-state index contributed by atoms with van der Waals surface area (Å²) in [5.41, 5.74) is 2.30. The highest BCUT2D eigenvalue weighted by Gasteiger charge is 1.93. The number of halogens is 1. The maximum atomic E-state index is 8.67. The maximum absolute atomic E-state index is 8.67. The summed E-state index contributed by atoms with van der Waals surface area (Å²) in [5.74, 6) is 6.01. The Morgan fingerprint density at radius 1 is 0.824 bits per heavy atom. The van der Waals surface area contributed by atoms with Gasteiger partial charge in [0.05, 0.1) is 16.7 Å². The number of hydrogen-bond acceptors (Lipinski definition) is 1. The normalized spacial score (nSPS) is 8.94. The van der Waals surface area contributed by atoms with Gasteiger partial charge in [0.1, 0.15) is 0 Å². The Morgan fingerprint density at radius 3 is 2.12 bits per heavy atom. The van der Waals surface area contributed by atoms with Gasteiger partial charge in [-0.15, -0.1) is 0 Å².